The number of halogens is 2. The third kappa shape index (κ3) is 4.47. The predicted molar refractivity (Wildman–Crippen MR) is 97.4 cm³/mol. The molecule has 0 fully saturated rings. The lowest BCUT2D eigenvalue weighted by molar-refractivity contribution is 0.909. The lowest BCUT2D eigenvalue weighted by Gasteiger charge is -2.08. The zero-order valence-electron chi connectivity index (χ0n) is 11.9. The van der Waals surface area contributed by atoms with Crippen LogP contribution in [0.5, 0.6) is 0 Å². The molecule has 6 heteroatoms. The highest BCUT2D eigenvalue weighted by Crippen LogP contribution is 2.35. The van der Waals surface area contributed by atoms with Gasteiger partial charge in [0.25, 0.3) is 5.56 Å². The summed E-state index contributed by atoms with van der Waals surface area (Å²) in [5, 5.41) is 7.20. The van der Waals surface area contributed by atoms with E-state index in [9.17, 15) is 4.79 Å². The molecule has 0 radical (unpaired) electrons. The van der Waals surface area contributed by atoms with Crippen LogP contribution >= 0.6 is 39.3 Å². The van der Waals surface area contributed by atoms with Crippen LogP contribution in [0.15, 0.2) is 73.7 Å². The van der Waals surface area contributed by atoms with Gasteiger partial charge in [0, 0.05) is 26.8 Å². The first-order chi connectivity index (χ1) is 11.1. The highest BCUT2D eigenvalue weighted by molar-refractivity contribution is 9.10. The molecule has 3 aromatic rings. The lowest BCUT2D eigenvalue weighted by Crippen LogP contribution is -2.07. The first kappa shape index (κ1) is 16.3. The quantitative estimate of drug-likeness (QED) is 0.667. The number of H-pyrrole nitrogens is 1. The summed E-state index contributed by atoms with van der Waals surface area (Å²) < 4.78 is 1.03. The summed E-state index contributed by atoms with van der Waals surface area (Å²) in [7, 11) is 0. The molecular weight excluding hydrogens is 396 g/mol. The van der Waals surface area contributed by atoms with E-state index in [2.05, 4.69) is 38.3 Å². The molecule has 0 spiro atoms. The molecule has 1 aromatic heterocycles. The molecule has 3 nitrogen and oxygen atoms in total. The summed E-state index contributed by atoms with van der Waals surface area (Å²) in [4.78, 5) is 13.2. The Morgan fingerprint density at radius 1 is 1.13 bits per heavy atom. The number of aromatic nitrogens is 2. The van der Waals surface area contributed by atoms with Crippen molar-refractivity contribution in [2.75, 3.05) is 0 Å². The summed E-state index contributed by atoms with van der Waals surface area (Å²) in [5.74, 6) is 0. The van der Waals surface area contributed by atoms with Crippen molar-refractivity contribution >= 4 is 39.3 Å². The summed E-state index contributed by atoms with van der Waals surface area (Å²) in [6.07, 6.45) is 0.639. The third-order valence-electron chi connectivity index (χ3n) is 3.14. The Hall–Kier alpha value is -1.56. The smallest absolute Gasteiger partial charge is 0.264 e. The van der Waals surface area contributed by atoms with Crippen LogP contribution in [0.4, 0.5) is 0 Å². The molecule has 116 valence electrons. The minimum atomic E-state index is -0.198. The fraction of sp³-hybridized carbons (Fsp3) is 0.0588. The van der Waals surface area contributed by atoms with Gasteiger partial charge in [-0.05, 0) is 42.0 Å². The van der Waals surface area contributed by atoms with Crippen LogP contribution in [0, 0.1) is 0 Å². The predicted octanol–water partition coefficient (Wildman–Crippen LogP) is 4.93. The Bertz CT molecular complexity index is 877. The summed E-state index contributed by atoms with van der Waals surface area (Å²) in [5.41, 5.74) is 1.70. The molecule has 0 aliphatic heterocycles. The number of rotatable bonds is 4. The van der Waals surface area contributed by atoms with Gasteiger partial charge >= 0.3 is 0 Å². The molecule has 3 rings (SSSR count). The minimum absolute atomic E-state index is 0.198. The van der Waals surface area contributed by atoms with Crippen molar-refractivity contribution in [2.24, 2.45) is 0 Å². The van der Waals surface area contributed by atoms with Gasteiger partial charge in [0.05, 0.1) is 10.7 Å². The maximum absolute atomic E-state index is 11.1. The average Bonchev–Trinajstić information content (AvgIpc) is 2.53. The van der Waals surface area contributed by atoms with Crippen LogP contribution in [-0.2, 0) is 6.42 Å². The van der Waals surface area contributed by atoms with Gasteiger partial charge in [0.1, 0.15) is 0 Å². The van der Waals surface area contributed by atoms with Crippen molar-refractivity contribution in [1.82, 2.24) is 10.2 Å². The molecule has 0 aliphatic rings. The number of benzene rings is 2. The Labute approximate surface area is 151 Å². The van der Waals surface area contributed by atoms with Gasteiger partial charge in [-0.3, -0.25) is 4.79 Å². The second-order valence-corrected chi connectivity index (χ2v) is 7.35. The van der Waals surface area contributed by atoms with Gasteiger partial charge < -0.3 is 0 Å². The van der Waals surface area contributed by atoms with Gasteiger partial charge in [-0.2, -0.15) is 5.10 Å². The molecule has 0 amide bonds. The van der Waals surface area contributed by atoms with E-state index in [0.29, 0.717) is 11.4 Å². The molecule has 1 N–H and O–H groups in total. The topological polar surface area (TPSA) is 45.8 Å². The molecule has 0 saturated carbocycles. The lowest BCUT2D eigenvalue weighted by atomic mass is 10.1. The monoisotopic (exact) mass is 406 g/mol. The molecule has 0 saturated heterocycles. The Kier molecular flexibility index (Phi) is 5.20. The van der Waals surface area contributed by atoms with Gasteiger partial charge in [0.2, 0.25) is 0 Å². The van der Waals surface area contributed by atoms with Crippen molar-refractivity contribution < 1.29 is 0 Å². The SMILES string of the molecule is O=c1ccc(Cc2ccc(Cl)c(Sc3cccc(Br)c3)c2)n[nH]1. The van der Waals surface area contributed by atoms with E-state index < -0.39 is 0 Å². The second kappa shape index (κ2) is 7.34. The van der Waals surface area contributed by atoms with E-state index in [1.165, 1.54) is 6.07 Å². The average molecular weight is 408 g/mol. The van der Waals surface area contributed by atoms with Gasteiger partial charge in [0.15, 0.2) is 0 Å². The molecule has 0 unspecified atom stereocenters. The zero-order chi connectivity index (χ0) is 16.2. The fourth-order valence-electron chi connectivity index (χ4n) is 2.07. The number of nitrogens with zero attached hydrogens (tertiary/aromatic N) is 1. The summed E-state index contributed by atoms with van der Waals surface area (Å²) in [6.45, 7) is 0. The van der Waals surface area contributed by atoms with E-state index >= 15 is 0 Å². The van der Waals surface area contributed by atoms with Crippen LogP contribution in [0.3, 0.4) is 0 Å². The van der Waals surface area contributed by atoms with Crippen LogP contribution in [0.25, 0.3) is 0 Å². The summed E-state index contributed by atoms with van der Waals surface area (Å²) in [6, 6.07) is 17.2. The minimum Gasteiger partial charge on any atom is -0.268 e. The maximum Gasteiger partial charge on any atom is 0.264 e. The van der Waals surface area contributed by atoms with Crippen LogP contribution in [0.1, 0.15) is 11.3 Å². The van der Waals surface area contributed by atoms with E-state index in [4.69, 9.17) is 11.6 Å². The number of nitrogens with one attached hydrogen (secondary N) is 1. The molecule has 23 heavy (non-hydrogen) atoms. The molecule has 1 heterocycles. The first-order valence-corrected chi connectivity index (χ1v) is 8.85. The molecule has 0 bridgehead atoms. The first-order valence-electron chi connectivity index (χ1n) is 6.86. The number of aromatic amines is 1. The molecular formula is C17H12BrClN2OS. The molecule has 2 aromatic carbocycles. The van der Waals surface area contributed by atoms with Crippen molar-refractivity contribution in [3.8, 4) is 0 Å². The van der Waals surface area contributed by atoms with Crippen LogP contribution in [-0.4, -0.2) is 10.2 Å². The number of hydrogen-bond donors (Lipinski definition) is 1. The maximum atomic E-state index is 11.1. The van der Waals surface area contributed by atoms with Crippen molar-refractivity contribution in [3.05, 3.63) is 85.7 Å². The Balaban J connectivity index is 1.84. The van der Waals surface area contributed by atoms with Crippen molar-refractivity contribution in [3.63, 3.8) is 0 Å². The highest BCUT2D eigenvalue weighted by Gasteiger charge is 2.06. The Morgan fingerprint density at radius 3 is 2.74 bits per heavy atom. The van der Waals surface area contributed by atoms with Gasteiger partial charge in [-0.1, -0.05) is 51.4 Å². The largest absolute Gasteiger partial charge is 0.268 e. The summed E-state index contributed by atoms with van der Waals surface area (Å²) >= 11 is 11.4. The van der Waals surface area contributed by atoms with E-state index in [0.717, 1.165) is 25.5 Å². The van der Waals surface area contributed by atoms with Crippen LogP contribution < -0.4 is 5.56 Å². The van der Waals surface area contributed by atoms with E-state index in [1.54, 1.807) is 17.8 Å². The van der Waals surface area contributed by atoms with E-state index in [1.807, 2.05) is 30.3 Å². The van der Waals surface area contributed by atoms with Crippen molar-refractivity contribution in [2.45, 2.75) is 16.2 Å². The number of hydrogen-bond acceptors (Lipinski definition) is 3. The fourth-order valence-corrected chi connectivity index (χ4v) is 3.82. The highest BCUT2D eigenvalue weighted by atomic mass is 79.9. The van der Waals surface area contributed by atoms with Crippen molar-refractivity contribution in [1.29, 1.82) is 0 Å². The van der Waals surface area contributed by atoms with Gasteiger partial charge in [-0.15, -0.1) is 0 Å². The van der Waals surface area contributed by atoms with Crippen LogP contribution in [0.2, 0.25) is 5.02 Å². The zero-order valence-corrected chi connectivity index (χ0v) is 15.1. The standard InChI is InChI=1S/C17H12BrClN2OS/c18-12-2-1-3-14(10-12)23-16-9-11(4-6-15(16)19)8-13-5-7-17(22)21-20-13/h1-7,9-10H,8H2,(H,21,22). The second-order valence-electron chi connectivity index (χ2n) is 4.91. The third-order valence-corrected chi connectivity index (χ3v) is 5.12. The normalized spacial score (nSPS) is 10.7. The van der Waals surface area contributed by atoms with Gasteiger partial charge in [-0.25, -0.2) is 5.10 Å². The Morgan fingerprint density at radius 2 is 2.00 bits per heavy atom. The molecule has 0 aliphatic carbocycles. The van der Waals surface area contributed by atoms with E-state index in [-0.39, 0.29) is 5.56 Å². The molecule has 0 atom stereocenters.